The normalized spacial score (nSPS) is 21.3. The Labute approximate surface area is 121 Å². The third-order valence-corrected chi connectivity index (χ3v) is 4.75. The first-order chi connectivity index (χ1) is 9.11. The second-order valence-electron chi connectivity index (χ2n) is 5.56. The molecule has 0 saturated carbocycles. The van der Waals surface area contributed by atoms with E-state index in [9.17, 15) is 0 Å². The second-order valence-corrected chi connectivity index (χ2v) is 6.00. The average Bonchev–Trinajstić information content (AvgIpc) is 2.94. The molecule has 19 heavy (non-hydrogen) atoms. The molecule has 2 atom stereocenters. The van der Waals surface area contributed by atoms with Crippen LogP contribution in [0.3, 0.4) is 0 Å². The van der Waals surface area contributed by atoms with E-state index in [4.69, 9.17) is 17.4 Å². The molecule has 1 aromatic carbocycles. The number of hydrogen-bond donors (Lipinski definition) is 2. The summed E-state index contributed by atoms with van der Waals surface area (Å²) in [5.41, 5.74) is 4.20. The molecular formula is C15H24ClN3. The number of nitrogens with zero attached hydrogens (tertiary/aromatic N) is 1. The van der Waals surface area contributed by atoms with Gasteiger partial charge >= 0.3 is 0 Å². The van der Waals surface area contributed by atoms with Gasteiger partial charge in [-0.1, -0.05) is 30.7 Å². The summed E-state index contributed by atoms with van der Waals surface area (Å²) in [6, 6.07) is 8.09. The van der Waals surface area contributed by atoms with Crippen LogP contribution in [-0.4, -0.2) is 23.5 Å². The molecule has 3 N–H and O–H groups in total. The van der Waals surface area contributed by atoms with Crippen molar-refractivity contribution in [3.63, 3.8) is 0 Å². The van der Waals surface area contributed by atoms with E-state index in [0.29, 0.717) is 0 Å². The van der Waals surface area contributed by atoms with E-state index in [0.717, 1.165) is 30.1 Å². The maximum absolute atomic E-state index is 6.12. The summed E-state index contributed by atoms with van der Waals surface area (Å²) in [5, 5.41) is 0.762. The predicted octanol–water partition coefficient (Wildman–Crippen LogP) is 3.11. The molecule has 0 aliphatic carbocycles. The van der Waals surface area contributed by atoms with Crippen LogP contribution in [0.1, 0.15) is 44.7 Å². The van der Waals surface area contributed by atoms with Crippen molar-refractivity contribution in [2.75, 3.05) is 13.1 Å². The van der Waals surface area contributed by atoms with Gasteiger partial charge in [0.2, 0.25) is 0 Å². The average molecular weight is 282 g/mol. The Bertz CT molecular complexity index is 418. The van der Waals surface area contributed by atoms with Gasteiger partial charge in [-0.2, -0.15) is 0 Å². The maximum Gasteiger partial charge on any atom is 0.0641 e. The van der Waals surface area contributed by atoms with Crippen LogP contribution in [-0.2, 0) is 0 Å². The summed E-state index contributed by atoms with van der Waals surface area (Å²) in [7, 11) is 0. The highest BCUT2D eigenvalue weighted by atomic mass is 35.5. The summed E-state index contributed by atoms with van der Waals surface area (Å²) in [5.74, 6) is 5.86. The molecule has 1 fully saturated rings. The molecule has 1 heterocycles. The van der Waals surface area contributed by atoms with E-state index < -0.39 is 0 Å². The van der Waals surface area contributed by atoms with Gasteiger partial charge in [0.05, 0.1) is 6.04 Å². The second kappa shape index (κ2) is 6.23. The van der Waals surface area contributed by atoms with Crippen LogP contribution in [0.2, 0.25) is 5.02 Å². The molecule has 2 rings (SSSR count). The van der Waals surface area contributed by atoms with Crippen LogP contribution in [0.5, 0.6) is 0 Å². The first-order valence-electron chi connectivity index (χ1n) is 7.08. The third kappa shape index (κ3) is 2.95. The molecule has 0 amide bonds. The summed E-state index contributed by atoms with van der Waals surface area (Å²) in [4.78, 5) is 2.55. The van der Waals surface area contributed by atoms with Crippen LogP contribution < -0.4 is 11.3 Å². The highest BCUT2D eigenvalue weighted by molar-refractivity contribution is 6.30. The van der Waals surface area contributed by atoms with Crippen molar-refractivity contribution in [3.8, 4) is 0 Å². The van der Waals surface area contributed by atoms with Gasteiger partial charge in [0.1, 0.15) is 0 Å². The lowest BCUT2D eigenvalue weighted by Crippen LogP contribution is -2.54. The molecule has 0 spiro atoms. The molecule has 1 aromatic rings. The highest BCUT2D eigenvalue weighted by Crippen LogP contribution is 2.36. The van der Waals surface area contributed by atoms with Crippen LogP contribution in [0, 0.1) is 0 Å². The number of likely N-dealkylation sites (tertiary alicyclic amines) is 1. The zero-order valence-corrected chi connectivity index (χ0v) is 12.6. The van der Waals surface area contributed by atoms with Crippen LogP contribution in [0.4, 0.5) is 0 Å². The van der Waals surface area contributed by atoms with E-state index in [1.54, 1.807) is 0 Å². The van der Waals surface area contributed by atoms with Crippen molar-refractivity contribution in [2.24, 2.45) is 5.84 Å². The van der Waals surface area contributed by atoms with E-state index in [-0.39, 0.29) is 11.6 Å². The number of rotatable bonds is 5. The number of hydrogen-bond acceptors (Lipinski definition) is 3. The van der Waals surface area contributed by atoms with Gasteiger partial charge in [0.25, 0.3) is 0 Å². The van der Waals surface area contributed by atoms with E-state index in [1.807, 2.05) is 18.2 Å². The number of nitrogens with two attached hydrogens (primary N) is 1. The van der Waals surface area contributed by atoms with Crippen molar-refractivity contribution >= 4 is 11.6 Å². The van der Waals surface area contributed by atoms with Crippen molar-refractivity contribution in [3.05, 3.63) is 34.9 Å². The molecular weight excluding hydrogens is 258 g/mol. The van der Waals surface area contributed by atoms with Gasteiger partial charge < -0.3 is 0 Å². The molecule has 3 nitrogen and oxygen atoms in total. The minimum Gasteiger partial charge on any atom is -0.296 e. The molecule has 4 heteroatoms. The Kier molecular flexibility index (Phi) is 4.85. The largest absolute Gasteiger partial charge is 0.296 e. The van der Waals surface area contributed by atoms with Gasteiger partial charge in [-0.25, -0.2) is 0 Å². The summed E-state index contributed by atoms with van der Waals surface area (Å²) in [6.45, 7) is 6.84. The van der Waals surface area contributed by atoms with Gasteiger partial charge in [0, 0.05) is 10.6 Å². The zero-order valence-electron chi connectivity index (χ0n) is 11.8. The Morgan fingerprint density at radius 3 is 2.63 bits per heavy atom. The fourth-order valence-electron chi connectivity index (χ4n) is 3.16. The molecule has 106 valence electrons. The summed E-state index contributed by atoms with van der Waals surface area (Å²) < 4.78 is 0. The van der Waals surface area contributed by atoms with E-state index in [2.05, 4.69) is 30.2 Å². The van der Waals surface area contributed by atoms with Crippen LogP contribution in [0.25, 0.3) is 0 Å². The summed E-state index contributed by atoms with van der Waals surface area (Å²) in [6.07, 6.45) is 3.61. The van der Waals surface area contributed by atoms with E-state index in [1.165, 1.54) is 12.8 Å². The summed E-state index contributed by atoms with van der Waals surface area (Å²) >= 11 is 6.12. The Balaban J connectivity index is 2.32. The van der Waals surface area contributed by atoms with Gasteiger partial charge in [-0.05, 0) is 57.0 Å². The number of halogens is 1. The minimum atomic E-state index is 0.0237. The van der Waals surface area contributed by atoms with Gasteiger partial charge in [-0.15, -0.1) is 0 Å². The Morgan fingerprint density at radius 2 is 2.11 bits per heavy atom. The quantitative estimate of drug-likeness (QED) is 0.644. The lowest BCUT2D eigenvalue weighted by atomic mass is 9.83. The van der Waals surface area contributed by atoms with Crippen molar-refractivity contribution in [1.29, 1.82) is 0 Å². The monoisotopic (exact) mass is 281 g/mol. The van der Waals surface area contributed by atoms with Crippen LogP contribution in [0.15, 0.2) is 24.3 Å². The standard InChI is InChI=1S/C15H24ClN3/c1-3-15(2,19-9-4-5-10-19)14(18-17)12-7-6-8-13(16)11-12/h6-8,11,14,18H,3-5,9-10,17H2,1-2H3. The topological polar surface area (TPSA) is 41.3 Å². The zero-order chi connectivity index (χ0) is 13.9. The van der Waals surface area contributed by atoms with Crippen molar-refractivity contribution in [2.45, 2.75) is 44.7 Å². The molecule has 0 bridgehead atoms. The third-order valence-electron chi connectivity index (χ3n) is 4.51. The van der Waals surface area contributed by atoms with E-state index >= 15 is 0 Å². The highest BCUT2D eigenvalue weighted by Gasteiger charge is 2.39. The van der Waals surface area contributed by atoms with Crippen molar-refractivity contribution in [1.82, 2.24) is 10.3 Å². The van der Waals surface area contributed by atoms with Gasteiger partial charge in [0.15, 0.2) is 0 Å². The Morgan fingerprint density at radius 1 is 1.42 bits per heavy atom. The first-order valence-corrected chi connectivity index (χ1v) is 7.46. The maximum atomic E-state index is 6.12. The Hall–Kier alpha value is -0.610. The molecule has 1 aliphatic rings. The predicted molar refractivity (Wildman–Crippen MR) is 81.0 cm³/mol. The minimum absolute atomic E-state index is 0.0237. The smallest absolute Gasteiger partial charge is 0.0641 e. The fraction of sp³-hybridized carbons (Fsp3) is 0.600. The fourth-order valence-corrected chi connectivity index (χ4v) is 3.36. The SMILES string of the molecule is CCC(C)(C(NN)c1cccc(Cl)c1)N1CCCC1. The van der Waals surface area contributed by atoms with Crippen molar-refractivity contribution < 1.29 is 0 Å². The van der Waals surface area contributed by atoms with Crippen LogP contribution >= 0.6 is 11.6 Å². The number of benzene rings is 1. The molecule has 1 aliphatic heterocycles. The lowest BCUT2D eigenvalue weighted by molar-refractivity contribution is 0.0840. The number of hydrazine groups is 1. The molecule has 0 aromatic heterocycles. The lowest BCUT2D eigenvalue weighted by Gasteiger charge is -2.44. The molecule has 1 saturated heterocycles. The first kappa shape index (κ1) is 14.8. The molecule has 2 unspecified atom stereocenters. The van der Waals surface area contributed by atoms with Gasteiger partial charge in [-0.3, -0.25) is 16.2 Å². The molecule has 0 radical (unpaired) electrons. The number of nitrogens with one attached hydrogen (secondary N) is 1.